The zero-order valence-electron chi connectivity index (χ0n) is 11.0. The highest BCUT2D eigenvalue weighted by Gasteiger charge is 2.11. The lowest BCUT2D eigenvalue weighted by molar-refractivity contribution is 0.0586. The van der Waals surface area contributed by atoms with E-state index < -0.39 is 5.97 Å². The van der Waals surface area contributed by atoms with Crippen LogP contribution in [0.15, 0.2) is 18.5 Å². The molecular formula is C12H15N5O2. The number of ether oxygens (including phenoxy) is 1. The molecule has 2 aromatic rings. The van der Waals surface area contributed by atoms with Crippen LogP contribution in [0.1, 0.15) is 21.9 Å². The lowest BCUT2D eigenvalue weighted by Crippen LogP contribution is -2.11. The average Bonchev–Trinajstić information content (AvgIpc) is 2.80. The van der Waals surface area contributed by atoms with Crippen molar-refractivity contribution in [3.8, 4) is 0 Å². The number of nitrogens with one attached hydrogen (secondary N) is 1. The number of methoxy groups -OCH3 is 1. The lowest BCUT2D eigenvalue weighted by atomic mass is 10.3. The minimum Gasteiger partial charge on any atom is -0.463 e. The van der Waals surface area contributed by atoms with Gasteiger partial charge in [0.1, 0.15) is 5.82 Å². The summed E-state index contributed by atoms with van der Waals surface area (Å²) >= 11 is 0. The van der Waals surface area contributed by atoms with Gasteiger partial charge in [-0.05, 0) is 6.92 Å². The third kappa shape index (κ3) is 3.27. The van der Waals surface area contributed by atoms with Crippen molar-refractivity contribution in [3.05, 3.63) is 35.5 Å². The summed E-state index contributed by atoms with van der Waals surface area (Å²) in [7, 11) is 3.16. The highest BCUT2D eigenvalue weighted by Crippen LogP contribution is 2.09. The van der Waals surface area contributed by atoms with Crippen molar-refractivity contribution in [1.29, 1.82) is 0 Å². The zero-order valence-corrected chi connectivity index (χ0v) is 11.0. The van der Waals surface area contributed by atoms with Crippen LogP contribution in [0.4, 0.5) is 5.82 Å². The van der Waals surface area contributed by atoms with Crippen molar-refractivity contribution in [2.45, 2.75) is 13.5 Å². The van der Waals surface area contributed by atoms with Crippen molar-refractivity contribution < 1.29 is 9.53 Å². The van der Waals surface area contributed by atoms with Gasteiger partial charge in [-0.3, -0.25) is 4.68 Å². The van der Waals surface area contributed by atoms with Crippen LogP contribution in [0.2, 0.25) is 0 Å². The van der Waals surface area contributed by atoms with Crippen LogP contribution in [0.5, 0.6) is 0 Å². The first-order valence-corrected chi connectivity index (χ1v) is 5.74. The topological polar surface area (TPSA) is 81.9 Å². The minimum atomic E-state index is -0.548. The van der Waals surface area contributed by atoms with E-state index in [0.29, 0.717) is 18.1 Å². The molecule has 7 nitrogen and oxygen atoms in total. The van der Waals surface area contributed by atoms with E-state index in [0.717, 1.165) is 5.56 Å². The predicted octanol–water partition coefficient (Wildman–Crippen LogP) is 0.917. The average molecular weight is 261 g/mol. The second-order valence-electron chi connectivity index (χ2n) is 4.09. The van der Waals surface area contributed by atoms with E-state index in [2.05, 4.69) is 25.1 Å². The second kappa shape index (κ2) is 5.47. The Balaban J connectivity index is 2.11. The van der Waals surface area contributed by atoms with Crippen molar-refractivity contribution in [1.82, 2.24) is 19.7 Å². The molecule has 7 heteroatoms. The highest BCUT2D eigenvalue weighted by atomic mass is 16.5. The monoisotopic (exact) mass is 261 g/mol. The summed E-state index contributed by atoms with van der Waals surface area (Å²) in [5, 5.41) is 7.20. The first-order chi connectivity index (χ1) is 9.08. The zero-order chi connectivity index (χ0) is 13.8. The van der Waals surface area contributed by atoms with E-state index >= 15 is 0 Å². The molecule has 0 atom stereocenters. The number of aromatic nitrogens is 4. The molecule has 0 aromatic carbocycles. The van der Waals surface area contributed by atoms with Crippen molar-refractivity contribution in [2.75, 3.05) is 12.4 Å². The van der Waals surface area contributed by atoms with Crippen molar-refractivity contribution in [2.24, 2.45) is 7.05 Å². The molecule has 0 radical (unpaired) electrons. The van der Waals surface area contributed by atoms with Crippen LogP contribution < -0.4 is 5.32 Å². The maximum atomic E-state index is 11.4. The molecule has 0 aliphatic heterocycles. The van der Waals surface area contributed by atoms with Crippen LogP contribution in [-0.2, 0) is 18.3 Å². The molecule has 2 heterocycles. The molecule has 19 heavy (non-hydrogen) atoms. The first-order valence-electron chi connectivity index (χ1n) is 5.74. The van der Waals surface area contributed by atoms with Crippen LogP contribution in [0.3, 0.4) is 0 Å². The standard InChI is InChI=1S/C12H15N5O2/c1-8-4-10(16-11(15-8)12(18)19-3)13-5-9-6-14-17(2)7-9/h4,6-7H,5H2,1-3H3,(H,13,15,16). The number of nitrogens with zero attached hydrogens (tertiary/aromatic N) is 4. The van der Waals surface area contributed by atoms with Gasteiger partial charge in [0.15, 0.2) is 0 Å². The summed E-state index contributed by atoms with van der Waals surface area (Å²) in [6.07, 6.45) is 3.67. The van der Waals surface area contributed by atoms with Gasteiger partial charge in [-0.15, -0.1) is 0 Å². The SMILES string of the molecule is COC(=O)c1nc(C)cc(NCc2cnn(C)c2)n1. The lowest BCUT2D eigenvalue weighted by Gasteiger charge is -2.06. The molecule has 0 fully saturated rings. The normalized spacial score (nSPS) is 10.3. The molecule has 2 rings (SSSR count). The summed E-state index contributed by atoms with van der Waals surface area (Å²) < 4.78 is 6.33. The molecule has 1 N–H and O–H groups in total. The Labute approximate surface area is 110 Å². The van der Waals surface area contributed by atoms with E-state index in [1.807, 2.05) is 13.2 Å². The van der Waals surface area contributed by atoms with E-state index in [9.17, 15) is 4.79 Å². The largest absolute Gasteiger partial charge is 0.463 e. The van der Waals surface area contributed by atoms with E-state index in [-0.39, 0.29) is 5.82 Å². The Kier molecular flexibility index (Phi) is 3.74. The quantitative estimate of drug-likeness (QED) is 0.824. The van der Waals surface area contributed by atoms with Crippen LogP contribution >= 0.6 is 0 Å². The minimum absolute atomic E-state index is 0.0520. The van der Waals surface area contributed by atoms with Gasteiger partial charge in [0.2, 0.25) is 5.82 Å². The first kappa shape index (κ1) is 13.0. The summed E-state index contributed by atoms with van der Waals surface area (Å²) in [6.45, 7) is 2.37. The number of rotatable bonds is 4. The molecule has 2 aromatic heterocycles. The van der Waals surface area contributed by atoms with Gasteiger partial charge < -0.3 is 10.1 Å². The van der Waals surface area contributed by atoms with Crippen LogP contribution in [0.25, 0.3) is 0 Å². The van der Waals surface area contributed by atoms with Crippen LogP contribution in [0, 0.1) is 6.92 Å². The number of hydrogen-bond donors (Lipinski definition) is 1. The van der Waals surface area contributed by atoms with Gasteiger partial charge in [-0.25, -0.2) is 14.8 Å². The third-order valence-corrected chi connectivity index (χ3v) is 2.45. The number of anilines is 1. The summed E-state index contributed by atoms with van der Waals surface area (Å²) in [6, 6.07) is 1.77. The molecular weight excluding hydrogens is 246 g/mol. The molecule has 0 unspecified atom stereocenters. The molecule has 100 valence electrons. The molecule has 0 aliphatic rings. The van der Waals surface area contributed by atoms with E-state index in [1.54, 1.807) is 23.9 Å². The van der Waals surface area contributed by atoms with Crippen LogP contribution in [-0.4, -0.2) is 32.8 Å². The van der Waals surface area contributed by atoms with Gasteiger partial charge in [0.25, 0.3) is 0 Å². The van der Waals surface area contributed by atoms with Gasteiger partial charge in [0.05, 0.1) is 13.3 Å². The maximum Gasteiger partial charge on any atom is 0.376 e. The van der Waals surface area contributed by atoms with Gasteiger partial charge in [0, 0.05) is 37.1 Å². The number of hydrogen-bond acceptors (Lipinski definition) is 6. The smallest absolute Gasteiger partial charge is 0.376 e. The Morgan fingerprint density at radius 1 is 1.47 bits per heavy atom. The fraction of sp³-hybridized carbons (Fsp3) is 0.333. The summed E-state index contributed by atoms with van der Waals surface area (Å²) in [5.74, 6) is 0.0843. The molecule has 0 saturated heterocycles. The maximum absolute atomic E-state index is 11.4. The van der Waals surface area contributed by atoms with E-state index in [4.69, 9.17) is 0 Å². The molecule has 0 saturated carbocycles. The van der Waals surface area contributed by atoms with Crippen molar-refractivity contribution >= 4 is 11.8 Å². The number of esters is 1. The summed E-state index contributed by atoms with van der Waals surface area (Å²) in [5.41, 5.74) is 1.72. The van der Waals surface area contributed by atoms with Crippen molar-refractivity contribution in [3.63, 3.8) is 0 Å². The number of aryl methyl sites for hydroxylation is 2. The Bertz CT molecular complexity index is 594. The Hall–Kier alpha value is -2.44. The second-order valence-corrected chi connectivity index (χ2v) is 4.09. The van der Waals surface area contributed by atoms with Gasteiger partial charge in [-0.2, -0.15) is 5.10 Å². The Morgan fingerprint density at radius 2 is 2.26 bits per heavy atom. The van der Waals surface area contributed by atoms with Gasteiger partial charge in [-0.1, -0.05) is 0 Å². The highest BCUT2D eigenvalue weighted by molar-refractivity contribution is 5.85. The predicted molar refractivity (Wildman–Crippen MR) is 68.6 cm³/mol. The fourth-order valence-corrected chi connectivity index (χ4v) is 1.60. The molecule has 0 amide bonds. The molecule has 0 aliphatic carbocycles. The third-order valence-electron chi connectivity index (χ3n) is 2.45. The van der Waals surface area contributed by atoms with Gasteiger partial charge >= 0.3 is 5.97 Å². The molecule has 0 bridgehead atoms. The van der Waals surface area contributed by atoms with E-state index in [1.165, 1.54) is 7.11 Å². The fourth-order valence-electron chi connectivity index (χ4n) is 1.60. The number of carbonyl (C=O) groups is 1. The molecule has 0 spiro atoms. The summed E-state index contributed by atoms with van der Waals surface area (Å²) in [4.78, 5) is 19.5. The Morgan fingerprint density at radius 3 is 2.89 bits per heavy atom. The number of carbonyl (C=O) groups excluding carboxylic acids is 1.